The highest BCUT2D eigenvalue weighted by Crippen LogP contribution is 2.47. The van der Waals surface area contributed by atoms with Gasteiger partial charge < -0.3 is 25.2 Å². The maximum Gasteiger partial charge on any atom is 0.224 e. The van der Waals surface area contributed by atoms with E-state index in [2.05, 4.69) is 10.6 Å². The van der Waals surface area contributed by atoms with E-state index in [9.17, 15) is 14.7 Å². The van der Waals surface area contributed by atoms with Crippen molar-refractivity contribution in [2.24, 2.45) is 5.92 Å². The lowest BCUT2D eigenvalue weighted by Gasteiger charge is -2.37. The Morgan fingerprint density at radius 3 is 2.62 bits per heavy atom. The van der Waals surface area contributed by atoms with E-state index in [1.165, 1.54) is 0 Å². The van der Waals surface area contributed by atoms with E-state index in [0.717, 1.165) is 35.4 Å². The zero-order valence-corrected chi connectivity index (χ0v) is 19.4. The van der Waals surface area contributed by atoms with Crippen molar-refractivity contribution in [3.8, 4) is 5.75 Å². The van der Waals surface area contributed by atoms with Crippen LogP contribution in [-0.4, -0.2) is 41.8 Å². The summed E-state index contributed by atoms with van der Waals surface area (Å²) in [5.74, 6) is 1.22. The number of aliphatic hydroxyl groups excluding tert-OH is 1. The van der Waals surface area contributed by atoms with Crippen LogP contribution in [0.4, 0.5) is 5.69 Å². The van der Waals surface area contributed by atoms with E-state index in [1.807, 2.05) is 55.5 Å². The molecule has 0 spiro atoms. The van der Waals surface area contributed by atoms with Crippen molar-refractivity contribution in [2.75, 3.05) is 11.9 Å². The van der Waals surface area contributed by atoms with E-state index in [-0.39, 0.29) is 49.0 Å². The number of anilines is 1. The number of carbonyl (C=O) groups is 2. The van der Waals surface area contributed by atoms with E-state index >= 15 is 0 Å². The first kappa shape index (κ1) is 22.9. The minimum Gasteiger partial charge on any atom is -0.487 e. The second kappa shape index (κ2) is 9.76. The Balaban J connectivity index is 1.25. The van der Waals surface area contributed by atoms with Gasteiger partial charge in [0.15, 0.2) is 0 Å². The Kier molecular flexibility index (Phi) is 6.57. The molecule has 7 heteroatoms. The number of fused-ring (bicyclic) bond motifs is 3. The topological polar surface area (TPSA) is 96.9 Å². The first-order valence-corrected chi connectivity index (χ1v) is 12.2. The Bertz CT molecular complexity index is 1040. The van der Waals surface area contributed by atoms with Gasteiger partial charge in [-0.2, -0.15) is 0 Å². The zero-order valence-electron chi connectivity index (χ0n) is 19.4. The van der Waals surface area contributed by atoms with Gasteiger partial charge in [-0.1, -0.05) is 30.3 Å². The van der Waals surface area contributed by atoms with Crippen LogP contribution in [0.5, 0.6) is 5.75 Å². The molecule has 1 aliphatic carbocycles. The number of aliphatic hydroxyl groups is 1. The summed E-state index contributed by atoms with van der Waals surface area (Å²) < 4.78 is 12.2. The average molecular weight is 465 g/mol. The van der Waals surface area contributed by atoms with Crippen molar-refractivity contribution in [3.63, 3.8) is 0 Å². The van der Waals surface area contributed by atoms with Gasteiger partial charge in [-0.05, 0) is 55.9 Å². The Hall–Kier alpha value is -2.90. The number of benzene rings is 2. The summed E-state index contributed by atoms with van der Waals surface area (Å²) in [6.07, 6.45) is 2.52. The van der Waals surface area contributed by atoms with Crippen LogP contribution in [0.1, 0.15) is 62.1 Å². The SMILES string of the molecule is C[C@@H](NC(=O)C[C@@H]1C[C@@H]2c3cc(NC(=O)CC4CC4)ccc3O[C@@H]2[C@@H](CO)O1)c1ccccc1. The molecule has 2 fully saturated rings. The molecule has 2 aliphatic heterocycles. The Morgan fingerprint density at radius 1 is 1.09 bits per heavy atom. The van der Waals surface area contributed by atoms with Crippen molar-refractivity contribution >= 4 is 17.5 Å². The fourth-order valence-corrected chi connectivity index (χ4v) is 5.10. The quantitative estimate of drug-likeness (QED) is 0.554. The van der Waals surface area contributed by atoms with Gasteiger partial charge in [-0.3, -0.25) is 9.59 Å². The van der Waals surface area contributed by atoms with E-state index in [0.29, 0.717) is 18.8 Å². The van der Waals surface area contributed by atoms with E-state index in [4.69, 9.17) is 9.47 Å². The number of nitrogens with one attached hydrogen (secondary N) is 2. The van der Waals surface area contributed by atoms with Crippen molar-refractivity contribution in [2.45, 2.75) is 69.3 Å². The highest BCUT2D eigenvalue weighted by Gasteiger charge is 2.46. The second-order valence-electron chi connectivity index (χ2n) is 9.76. The molecule has 0 radical (unpaired) electrons. The average Bonchev–Trinajstić information content (AvgIpc) is 3.57. The molecule has 2 aromatic carbocycles. The molecule has 3 N–H and O–H groups in total. The molecular weight excluding hydrogens is 432 g/mol. The lowest BCUT2D eigenvalue weighted by molar-refractivity contribution is -0.142. The molecule has 7 nitrogen and oxygen atoms in total. The van der Waals surface area contributed by atoms with Crippen molar-refractivity contribution in [3.05, 3.63) is 59.7 Å². The van der Waals surface area contributed by atoms with Gasteiger partial charge in [-0.25, -0.2) is 0 Å². The van der Waals surface area contributed by atoms with Gasteiger partial charge >= 0.3 is 0 Å². The third kappa shape index (κ3) is 5.10. The first-order chi connectivity index (χ1) is 16.5. The summed E-state index contributed by atoms with van der Waals surface area (Å²) in [5.41, 5.74) is 2.80. The van der Waals surface area contributed by atoms with Crippen LogP contribution >= 0.6 is 0 Å². The maximum absolute atomic E-state index is 12.8. The Labute approximate surface area is 199 Å². The van der Waals surface area contributed by atoms with Crippen LogP contribution in [-0.2, 0) is 14.3 Å². The number of rotatable bonds is 8. The molecule has 2 aromatic rings. The molecule has 34 heavy (non-hydrogen) atoms. The molecule has 0 bridgehead atoms. The second-order valence-corrected chi connectivity index (χ2v) is 9.76. The summed E-state index contributed by atoms with van der Waals surface area (Å²) in [6.45, 7) is 1.78. The number of hydrogen-bond acceptors (Lipinski definition) is 5. The van der Waals surface area contributed by atoms with Crippen LogP contribution in [0, 0.1) is 5.92 Å². The lowest BCUT2D eigenvalue weighted by atomic mass is 9.84. The van der Waals surface area contributed by atoms with Gasteiger partial charge in [0, 0.05) is 23.6 Å². The largest absolute Gasteiger partial charge is 0.487 e. The monoisotopic (exact) mass is 464 g/mol. The summed E-state index contributed by atoms with van der Waals surface area (Å²) in [4.78, 5) is 25.0. The van der Waals surface area contributed by atoms with Gasteiger partial charge in [0.05, 0.1) is 25.2 Å². The van der Waals surface area contributed by atoms with E-state index < -0.39 is 6.10 Å². The maximum atomic E-state index is 12.8. The van der Waals surface area contributed by atoms with Gasteiger partial charge in [0.2, 0.25) is 11.8 Å². The van der Waals surface area contributed by atoms with Crippen LogP contribution < -0.4 is 15.4 Å². The third-order valence-corrected chi connectivity index (χ3v) is 7.04. The molecule has 2 amide bonds. The number of hydrogen-bond donors (Lipinski definition) is 3. The molecule has 3 aliphatic rings. The third-order valence-electron chi connectivity index (χ3n) is 7.04. The van der Waals surface area contributed by atoms with Gasteiger partial charge in [-0.15, -0.1) is 0 Å². The summed E-state index contributed by atoms with van der Waals surface area (Å²) >= 11 is 0. The predicted molar refractivity (Wildman–Crippen MR) is 128 cm³/mol. The summed E-state index contributed by atoms with van der Waals surface area (Å²) in [6, 6.07) is 15.4. The molecule has 0 unspecified atom stereocenters. The molecule has 1 saturated carbocycles. The highest BCUT2D eigenvalue weighted by atomic mass is 16.6. The van der Waals surface area contributed by atoms with Gasteiger partial charge in [0.1, 0.15) is 18.0 Å². The number of amides is 2. The van der Waals surface area contributed by atoms with Crippen LogP contribution in [0.25, 0.3) is 0 Å². The Morgan fingerprint density at radius 2 is 1.88 bits per heavy atom. The lowest BCUT2D eigenvalue weighted by Crippen LogP contribution is -2.47. The molecule has 180 valence electrons. The first-order valence-electron chi connectivity index (χ1n) is 12.2. The standard InChI is InChI=1S/C27H32N2O5/c1-16(18-5-3-2-4-6-18)28-26(32)14-20-13-22-21-12-19(29-25(31)11-17-7-8-17)9-10-23(21)34-27(22)24(15-30)33-20/h2-6,9-10,12,16-17,20,22,24,27,30H,7-8,11,13-15H2,1H3,(H,28,32)(H,29,31)/t16-,20+,22-,24-,27+/m1/s1. The zero-order chi connectivity index (χ0) is 23.7. The predicted octanol–water partition coefficient (Wildman–Crippen LogP) is 3.69. The fourth-order valence-electron chi connectivity index (χ4n) is 5.10. The fraction of sp³-hybridized carbons (Fsp3) is 0.481. The van der Waals surface area contributed by atoms with E-state index in [1.54, 1.807) is 0 Å². The summed E-state index contributed by atoms with van der Waals surface area (Å²) in [5, 5.41) is 16.0. The van der Waals surface area contributed by atoms with Gasteiger partial charge in [0.25, 0.3) is 0 Å². The van der Waals surface area contributed by atoms with Crippen molar-refractivity contribution in [1.82, 2.24) is 5.32 Å². The van der Waals surface area contributed by atoms with Crippen LogP contribution in [0.15, 0.2) is 48.5 Å². The van der Waals surface area contributed by atoms with Crippen molar-refractivity contribution < 1.29 is 24.2 Å². The molecule has 0 aromatic heterocycles. The molecule has 5 rings (SSSR count). The normalized spacial score (nSPS) is 26.1. The van der Waals surface area contributed by atoms with Crippen LogP contribution in [0.3, 0.4) is 0 Å². The molecule has 5 atom stereocenters. The van der Waals surface area contributed by atoms with Crippen molar-refractivity contribution in [1.29, 1.82) is 0 Å². The highest BCUT2D eigenvalue weighted by molar-refractivity contribution is 5.91. The molecule has 1 saturated heterocycles. The smallest absolute Gasteiger partial charge is 0.224 e. The summed E-state index contributed by atoms with van der Waals surface area (Å²) in [7, 11) is 0. The minimum absolute atomic E-state index is 0.00877. The molecular formula is C27H32N2O5. The number of carbonyl (C=O) groups excluding carboxylic acids is 2. The molecule has 2 heterocycles. The van der Waals surface area contributed by atoms with Crippen LogP contribution in [0.2, 0.25) is 0 Å². The minimum atomic E-state index is -0.511. The number of ether oxygens (including phenoxy) is 2.